The van der Waals surface area contributed by atoms with Gasteiger partial charge in [-0.1, -0.05) is 12.1 Å². The van der Waals surface area contributed by atoms with Gasteiger partial charge in [0.25, 0.3) is 0 Å². The highest BCUT2D eigenvalue weighted by Crippen LogP contribution is 2.08. The van der Waals surface area contributed by atoms with Crippen LogP contribution in [-0.4, -0.2) is 43.2 Å². The summed E-state index contributed by atoms with van der Waals surface area (Å²) >= 11 is 0. The lowest BCUT2D eigenvalue weighted by Gasteiger charge is -2.32. The molecule has 1 fully saturated rings. The van der Waals surface area contributed by atoms with Crippen molar-refractivity contribution in [3.05, 3.63) is 35.4 Å². The zero-order valence-electron chi connectivity index (χ0n) is 12.2. The Morgan fingerprint density at radius 2 is 2.20 bits per heavy atom. The number of nitrogens with two attached hydrogens (primary N) is 1. The molecule has 2 atom stereocenters. The highest BCUT2D eigenvalue weighted by molar-refractivity contribution is 5.31. The summed E-state index contributed by atoms with van der Waals surface area (Å²) in [4.78, 5) is 2.49. The molecular weight excluding hydrogens is 248 g/mol. The lowest BCUT2D eigenvalue weighted by atomic mass is 10.0. The molecule has 1 aliphatic heterocycles. The number of hydrogen-bond acceptors (Lipinski definition) is 4. The van der Waals surface area contributed by atoms with E-state index in [1.54, 1.807) is 0 Å². The lowest BCUT2D eigenvalue weighted by Crippen LogP contribution is -2.50. The van der Waals surface area contributed by atoms with E-state index in [2.05, 4.69) is 23.2 Å². The molecule has 1 heterocycles. The van der Waals surface area contributed by atoms with Crippen LogP contribution in [0.1, 0.15) is 24.5 Å². The van der Waals surface area contributed by atoms with E-state index in [-0.39, 0.29) is 6.04 Å². The Bertz CT molecular complexity index is 449. The van der Waals surface area contributed by atoms with E-state index in [0.717, 1.165) is 39.0 Å². The smallest absolute Gasteiger partial charge is 0.0991 e. The Morgan fingerprint density at radius 3 is 2.85 bits per heavy atom. The molecule has 0 bridgehead atoms. The van der Waals surface area contributed by atoms with Crippen molar-refractivity contribution in [1.29, 1.82) is 5.26 Å². The van der Waals surface area contributed by atoms with Gasteiger partial charge in [-0.2, -0.15) is 5.26 Å². The van der Waals surface area contributed by atoms with E-state index in [9.17, 15) is 0 Å². The molecule has 4 nitrogen and oxygen atoms in total. The molecule has 0 spiro atoms. The second-order valence-electron chi connectivity index (χ2n) is 5.72. The van der Waals surface area contributed by atoms with Crippen LogP contribution in [-0.2, 0) is 6.42 Å². The van der Waals surface area contributed by atoms with Gasteiger partial charge in [0, 0.05) is 31.7 Å². The molecule has 0 radical (unpaired) electrons. The van der Waals surface area contributed by atoms with Crippen LogP contribution in [0.15, 0.2) is 24.3 Å². The minimum absolute atomic E-state index is 0.188. The molecule has 0 saturated carbocycles. The first-order valence-corrected chi connectivity index (χ1v) is 7.37. The van der Waals surface area contributed by atoms with Crippen LogP contribution < -0.4 is 11.1 Å². The molecule has 1 unspecified atom stereocenters. The molecule has 1 saturated heterocycles. The largest absolute Gasteiger partial charge is 0.327 e. The van der Waals surface area contributed by atoms with Crippen molar-refractivity contribution >= 4 is 0 Å². The Hall–Kier alpha value is -1.41. The maximum atomic E-state index is 8.77. The summed E-state index contributed by atoms with van der Waals surface area (Å²) in [5.74, 6) is 0. The van der Waals surface area contributed by atoms with Crippen molar-refractivity contribution < 1.29 is 0 Å². The van der Waals surface area contributed by atoms with Crippen LogP contribution in [0.4, 0.5) is 0 Å². The van der Waals surface area contributed by atoms with Crippen LogP contribution >= 0.6 is 0 Å². The van der Waals surface area contributed by atoms with E-state index >= 15 is 0 Å². The SMILES string of the molecule is C[C@@H]1CN(CCC(N)Cc2ccc(C#N)cc2)CCN1. The summed E-state index contributed by atoms with van der Waals surface area (Å²) in [6, 6.07) is 10.6. The number of benzene rings is 1. The highest BCUT2D eigenvalue weighted by atomic mass is 15.2. The first-order valence-electron chi connectivity index (χ1n) is 7.37. The van der Waals surface area contributed by atoms with Crippen LogP contribution in [0, 0.1) is 11.3 Å². The first-order chi connectivity index (χ1) is 9.67. The van der Waals surface area contributed by atoms with Gasteiger partial charge in [0.1, 0.15) is 0 Å². The third-order valence-electron chi connectivity index (χ3n) is 3.85. The summed E-state index contributed by atoms with van der Waals surface area (Å²) in [7, 11) is 0. The predicted molar refractivity (Wildman–Crippen MR) is 81.4 cm³/mol. The Balaban J connectivity index is 1.74. The fourth-order valence-electron chi connectivity index (χ4n) is 2.68. The minimum Gasteiger partial charge on any atom is -0.327 e. The normalized spacial score (nSPS) is 21.4. The van der Waals surface area contributed by atoms with E-state index in [0.29, 0.717) is 11.6 Å². The fraction of sp³-hybridized carbons (Fsp3) is 0.562. The van der Waals surface area contributed by atoms with Crippen molar-refractivity contribution in [1.82, 2.24) is 10.2 Å². The lowest BCUT2D eigenvalue weighted by molar-refractivity contribution is 0.200. The van der Waals surface area contributed by atoms with E-state index in [1.807, 2.05) is 24.3 Å². The maximum Gasteiger partial charge on any atom is 0.0991 e. The second-order valence-corrected chi connectivity index (χ2v) is 5.72. The molecule has 0 aliphatic carbocycles. The van der Waals surface area contributed by atoms with Crippen LogP contribution in [0.5, 0.6) is 0 Å². The summed E-state index contributed by atoms with van der Waals surface area (Å²) < 4.78 is 0. The zero-order valence-corrected chi connectivity index (χ0v) is 12.2. The fourth-order valence-corrected chi connectivity index (χ4v) is 2.68. The molecule has 0 amide bonds. The predicted octanol–water partition coefficient (Wildman–Crippen LogP) is 1.11. The molecule has 108 valence electrons. The summed E-state index contributed by atoms with van der Waals surface area (Å²) in [6.07, 6.45) is 1.90. The van der Waals surface area contributed by atoms with Gasteiger partial charge in [-0.15, -0.1) is 0 Å². The Labute approximate surface area is 121 Å². The monoisotopic (exact) mass is 272 g/mol. The number of hydrogen-bond donors (Lipinski definition) is 2. The van der Waals surface area contributed by atoms with Crippen molar-refractivity contribution in [2.45, 2.75) is 31.8 Å². The van der Waals surface area contributed by atoms with Crippen LogP contribution in [0.25, 0.3) is 0 Å². The summed E-state index contributed by atoms with van der Waals surface area (Å²) in [5.41, 5.74) is 8.14. The third-order valence-corrected chi connectivity index (χ3v) is 3.85. The molecule has 1 aromatic carbocycles. The molecule has 4 heteroatoms. The van der Waals surface area contributed by atoms with Crippen molar-refractivity contribution in [2.24, 2.45) is 5.73 Å². The van der Waals surface area contributed by atoms with Gasteiger partial charge < -0.3 is 16.0 Å². The Kier molecular flexibility index (Phi) is 5.54. The molecule has 2 rings (SSSR count). The highest BCUT2D eigenvalue weighted by Gasteiger charge is 2.16. The Morgan fingerprint density at radius 1 is 1.45 bits per heavy atom. The number of piperazine rings is 1. The van der Waals surface area contributed by atoms with Crippen LogP contribution in [0.3, 0.4) is 0 Å². The second kappa shape index (κ2) is 7.39. The van der Waals surface area contributed by atoms with E-state index < -0.39 is 0 Å². The first kappa shape index (κ1) is 15.0. The average Bonchev–Trinajstić information content (AvgIpc) is 2.46. The third kappa shape index (κ3) is 4.61. The van der Waals surface area contributed by atoms with Gasteiger partial charge in [-0.05, 0) is 44.0 Å². The quantitative estimate of drug-likeness (QED) is 0.843. The standard InChI is InChI=1S/C16H24N4/c1-13-12-20(9-7-19-13)8-6-16(18)10-14-2-4-15(11-17)5-3-14/h2-5,13,16,19H,6-10,12,18H2,1H3/t13-,16?/m1/s1. The zero-order chi connectivity index (χ0) is 14.4. The van der Waals surface area contributed by atoms with Crippen molar-refractivity contribution in [3.8, 4) is 6.07 Å². The van der Waals surface area contributed by atoms with E-state index in [4.69, 9.17) is 11.0 Å². The molecule has 1 aromatic rings. The number of nitrogens with one attached hydrogen (secondary N) is 1. The van der Waals surface area contributed by atoms with Gasteiger partial charge >= 0.3 is 0 Å². The van der Waals surface area contributed by atoms with Crippen molar-refractivity contribution in [2.75, 3.05) is 26.2 Å². The van der Waals surface area contributed by atoms with Gasteiger partial charge in [-0.3, -0.25) is 0 Å². The van der Waals surface area contributed by atoms with Gasteiger partial charge in [0.2, 0.25) is 0 Å². The topological polar surface area (TPSA) is 65.1 Å². The molecule has 1 aliphatic rings. The minimum atomic E-state index is 0.188. The van der Waals surface area contributed by atoms with Gasteiger partial charge in [0.05, 0.1) is 11.6 Å². The molecular formula is C16H24N4. The molecule has 0 aromatic heterocycles. The van der Waals surface area contributed by atoms with Crippen LogP contribution in [0.2, 0.25) is 0 Å². The summed E-state index contributed by atoms with van der Waals surface area (Å²) in [6.45, 7) is 6.61. The van der Waals surface area contributed by atoms with Gasteiger partial charge in [0.15, 0.2) is 0 Å². The molecule has 3 N–H and O–H groups in total. The summed E-state index contributed by atoms with van der Waals surface area (Å²) in [5, 5.41) is 12.2. The number of nitrogens with zero attached hydrogens (tertiary/aromatic N) is 2. The van der Waals surface area contributed by atoms with E-state index in [1.165, 1.54) is 5.56 Å². The maximum absolute atomic E-state index is 8.77. The van der Waals surface area contributed by atoms with Crippen molar-refractivity contribution in [3.63, 3.8) is 0 Å². The van der Waals surface area contributed by atoms with Gasteiger partial charge in [-0.25, -0.2) is 0 Å². The number of rotatable bonds is 5. The molecule has 20 heavy (non-hydrogen) atoms. The average molecular weight is 272 g/mol. The number of nitriles is 1.